The second kappa shape index (κ2) is 6.39. The van der Waals surface area contributed by atoms with E-state index in [4.69, 9.17) is 5.11 Å². The van der Waals surface area contributed by atoms with Crippen LogP contribution in [0.25, 0.3) is 0 Å². The summed E-state index contributed by atoms with van der Waals surface area (Å²) < 4.78 is 0. The van der Waals surface area contributed by atoms with Gasteiger partial charge in [-0.3, -0.25) is 0 Å². The molecule has 0 amide bonds. The molecule has 13 heavy (non-hydrogen) atoms. The van der Waals surface area contributed by atoms with Crippen molar-refractivity contribution in [1.82, 2.24) is 5.32 Å². The molecule has 0 bridgehead atoms. The smallest absolute Gasteiger partial charge is 0.0471 e. The lowest BCUT2D eigenvalue weighted by Gasteiger charge is -2.24. The van der Waals surface area contributed by atoms with Gasteiger partial charge in [-0.15, -0.1) is 0 Å². The van der Waals surface area contributed by atoms with Gasteiger partial charge < -0.3 is 10.4 Å². The lowest BCUT2D eigenvalue weighted by molar-refractivity contribution is 0.210. The van der Waals surface area contributed by atoms with E-state index in [2.05, 4.69) is 12.2 Å². The van der Waals surface area contributed by atoms with Crippen LogP contribution >= 0.6 is 0 Å². The minimum atomic E-state index is 0.330. The Hall–Kier alpha value is -0.0800. The van der Waals surface area contributed by atoms with Crippen LogP contribution in [0, 0.1) is 5.92 Å². The maximum atomic E-state index is 9.02. The molecule has 1 aliphatic rings. The Morgan fingerprint density at radius 1 is 1.31 bits per heavy atom. The monoisotopic (exact) mass is 185 g/mol. The number of hydrogen-bond acceptors (Lipinski definition) is 2. The highest BCUT2D eigenvalue weighted by Crippen LogP contribution is 2.17. The number of nitrogens with one attached hydrogen (secondary N) is 1. The second-order valence-electron chi connectivity index (χ2n) is 4.20. The van der Waals surface area contributed by atoms with Gasteiger partial charge in [0.15, 0.2) is 0 Å². The number of rotatable bonds is 5. The molecule has 1 aliphatic carbocycles. The standard InChI is InChI=1S/C11H23NO/c1-2-10(9-13)8-12-11-6-4-3-5-7-11/h10-13H,2-9H2,1H3. The maximum absolute atomic E-state index is 9.02. The van der Waals surface area contributed by atoms with Crippen LogP contribution in [0.1, 0.15) is 45.4 Å². The summed E-state index contributed by atoms with van der Waals surface area (Å²) in [6.07, 6.45) is 7.93. The number of hydrogen-bond donors (Lipinski definition) is 2. The lowest BCUT2D eigenvalue weighted by atomic mass is 9.95. The van der Waals surface area contributed by atoms with Crippen molar-refractivity contribution in [3.05, 3.63) is 0 Å². The normalized spacial score (nSPS) is 21.7. The fraction of sp³-hybridized carbons (Fsp3) is 1.00. The van der Waals surface area contributed by atoms with Gasteiger partial charge in [-0.25, -0.2) is 0 Å². The number of aliphatic hydroxyl groups excluding tert-OH is 1. The highest BCUT2D eigenvalue weighted by molar-refractivity contribution is 4.73. The molecule has 0 aromatic rings. The van der Waals surface area contributed by atoms with Crippen LogP contribution < -0.4 is 5.32 Å². The van der Waals surface area contributed by atoms with Crippen molar-refractivity contribution < 1.29 is 5.11 Å². The van der Waals surface area contributed by atoms with Gasteiger partial charge in [0.1, 0.15) is 0 Å². The van der Waals surface area contributed by atoms with Gasteiger partial charge in [-0.1, -0.05) is 26.2 Å². The van der Waals surface area contributed by atoms with E-state index in [0.717, 1.165) is 19.0 Å². The van der Waals surface area contributed by atoms with Gasteiger partial charge in [-0.05, 0) is 25.2 Å². The summed E-state index contributed by atoms with van der Waals surface area (Å²) in [7, 11) is 0. The third kappa shape index (κ3) is 4.10. The summed E-state index contributed by atoms with van der Waals surface area (Å²) in [4.78, 5) is 0. The minimum absolute atomic E-state index is 0.330. The average Bonchev–Trinajstić information content (AvgIpc) is 2.21. The fourth-order valence-corrected chi connectivity index (χ4v) is 1.98. The van der Waals surface area contributed by atoms with Crippen molar-refractivity contribution in [3.63, 3.8) is 0 Å². The summed E-state index contributed by atoms with van der Waals surface area (Å²) in [5, 5.41) is 12.6. The van der Waals surface area contributed by atoms with Crippen LogP contribution in [0.15, 0.2) is 0 Å². The molecular formula is C11H23NO. The van der Waals surface area contributed by atoms with Crippen LogP contribution in [0.4, 0.5) is 0 Å². The zero-order valence-electron chi connectivity index (χ0n) is 8.76. The molecule has 0 spiro atoms. The van der Waals surface area contributed by atoms with E-state index in [1.807, 2.05) is 0 Å². The summed E-state index contributed by atoms with van der Waals surface area (Å²) >= 11 is 0. The topological polar surface area (TPSA) is 32.3 Å². The minimum Gasteiger partial charge on any atom is -0.396 e. The third-order valence-corrected chi connectivity index (χ3v) is 3.14. The molecule has 1 fully saturated rings. The van der Waals surface area contributed by atoms with Crippen LogP contribution in [-0.4, -0.2) is 24.3 Å². The molecule has 2 nitrogen and oxygen atoms in total. The SMILES string of the molecule is CCC(CO)CNC1CCCCC1. The predicted octanol–water partition coefficient (Wildman–Crippen LogP) is 1.93. The van der Waals surface area contributed by atoms with Gasteiger partial charge >= 0.3 is 0 Å². The Bertz CT molecular complexity index is 117. The third-order valence-electron chi connectivity index (χ3n) is 3.14. The molecule has 0 aliphatic heterocycles. The highest BCUT2D eigenvalue weighted by atomic mass is 16.3. The van der Waals surface area contributed by atoms with E-state index >= 15 is 0 Å². The van der Waals surface area contributed by atoms with Crippen molar-refractivity contribution in [2.75, 3.05) is 13.2 Å². The summed E-state index contributed by atoms with van der Waals surface area (Å²) in [6, 6.07) is 0.731. The van der Waals surface area contributed by atoms with Crippen LogP contribution in [0.2, 0.25) is 0 Å². The van der Waals surface area contributed by atoms with Crippen molar-refractivity contribution in [3.8, 4) is 0 Å². The molecule has 0 heterocycles. The molecule has 1 unspecified atom stereocenters. The van der Waals surface area contributed by atoms with Gasteiger partial charge in [0.25, 0.3) is 0 Å². The molecule has 0 aromatic heterocycles. The van der Waals surface area contributed by atoms with Crippen LogP contribution in [-0.2, 0) is 0 Å². The second-order valence-corrected chi connectivity index (χ2v) is 4.20. The first-order valence-electron chi connectivity index (χ1n) is 5.71. The molecule has 0 saturated heterocycles. The van der Waals surface area contributed by atoms with E-state index in [9.17, 15) is 0 Å². The first-order valence-corrected chi connectivity index (χ1v) is 5.71. The Morgan fingerprint density at radius 2 is 2.00 bits per heavy atom. The Morgan fingerprint density at radius 3 is 2.54 bits per heavy atom. The zero-order chi connectivity index (χ0) is 9.52. The average molecular weight is 185 g/mol. The van der Waals surface area contributed by atoms with E-state index in [1.165, 1.54) is 32.1 Å². The van der Waals surface area contributed by atoms with Crippen molar-refractivity contribution in [1.29, 1.82) is 0 Å². The van der Waals surface area contributed by atoms with Crippen molar-refractivity contribution in [2.24, 2.45) is 5.92 Å². The van der Waals surface area contributed by atoms with Crippen molar-refractivity contribution in [2.45, 2.75) is 51.5 Å². The Kier molecular flexibility index (Phi) is 5.40. The predicted molar refractivity (Wildman–Crippen MR) is 55.7 cm³/mol. The summed E-state index contributed by atoms with van der Waals surface area (Å²) in [5.41, 5.74) is 0. The maximum Gasteiger partial charge on any atom is 0.0471 e. The van der Waals surface area contributed by atoms with Crippen molar-refractivity contribution >= 4 is 0 Å². The molecule has 2 heteroatoms. The zero-order valence-corrected chi connectivity index (χ0v) is 8.76. The first-order chi connectivity index (χ1) is 6.36. The van der Waals surface area contributed by atoms with Gasteiger partial charge in [0, 0.05) is 19.2 Å². The Labute approximate surface area is 81.7 Å². The van der Waals surface area contributed by atoms with E-state index in [0.29, 0.717) is 12.5 Å². The first kappa shape index (κ1) is 11.0. The largest absolute Gasteiger partial charge is 0.396 e. The van der Waals surface area contributed by atoms with Gasteiger partial charge in [-0.2, -0.15) is 0 Å². The molecule has 1 saturated carbocycles. The molecule has 1 atom stereocenters. The fourth-order valence-electron chi connectivity index (χ4n) is 1.98. The van der Waals surface area contributed by atoms with Crippen LogP contribution in [0.3, 0.4) is 0 Å². The molecule has 0 aromatic carbocycles. The quantitative estimate of drug-likeness (QED) is 0.686. The lowest BCUT2D eigenvalue weighted by Crippen LogP contribution is -2.35. The van der Waals surface area contributed by atoms with E-state index in [1.54, 1.807) is 0 Å². The summed E-state index contributed by atoms with van der Waals surface area (Å²) in [5.74, 6) is 0.460. The molecular weight excluding hydrogens is 162 g/mol. The molecule has 1 rings (SSSR count). The Balaban J connectivity index is 2.09. The molecule has 0 radical (unpaired) electrons. The summed E-state index contributed by atoms with van der Waals surface area (Å²) in [6.45, 7) is 3.47. The van der Waals surface area contributed by atoms with E-state index in [-0.39, 0.29) is 0 Å². The van der Waals surface area contributed by atoms with Gasteiger partial charge in [0.2, 0.25) is 0 Å². The molecule has 78 valence electrons. The highest BCUT2D eigenvalue weighted by Gasteiger charge is 2.13. The van der Waals surface area contributed by atoms with Crippen LogP contribution in [0.5, 0.6) is 0 Å². The molecule has 2 N–H and O–H groups in total. The van der Waals surface area contributed by atoms with E-state index < -0.39 is 0 Å². The van der Waals surface area contributed by atoms with Gasteiger partial charge in [0.05, 0.1) is 0 Å². The number of aliphatic hydroxyl groups is 1.